The summed E-state index contributed by atoms with van der Waals surface area (Å²) in [5, 5.41) is 8.08. The maximum Gasteiger partial charge on any atom is 0.411 e. The molecule has 4 rings (SSSR count). The Labute approximate surface area is 172 Å². The number of benzene rings is 1. The van der Waals surface area contributed by atoms with Gasteiger partial charge in [-0.25, -0.2) is 0 Å². The normalized spacial score (nSPS) is 19.9. The summed E-state index contributed by atoms with van der Waals surface area (Å²) in [7, 11) is 0. The van der Waals surface area contributed by atoms with E-state index in [1.54, 1.807) is 10.6 Å². The zero-order valence-corrected chi connectivity index (χ0v) is 16.7. The van der Waals surface area contributed by atoms with Gasteiger partial charge in [-0.05, 0) is 50.2 Å². The molecule has 160 valence electrons. The summed E-state index contributed by atoms with van der Waals surface area (Å²) in [6, 6.07) is 12.4. The zero-order valence-electron chi connectivity index (χ0n) is 16.7. The molecule has 0 bridgehead atoms. The van der Waals surface area contributed by atoms with Crippen LogP contribution in [0.5, 0.6) is 5.75 Å². The lowest BCUT2D eigenvalue weighted by atomic mass is 9.83. The molecule has 0 saturated heterocycles. The molecule has 2 aromatic heterocycles. The van der Waals surface area contributed by atoms with Gasteiger partial charge in [0, 0.05) is 11.8 Å². The van der Waals surface area contributed by atoms with Crippen LogP contribution >= 0.6 is 0 Å². The van der Waals surface area contributed by atoms with Gasteiger partial charge in [0.1, 0.15) is 19.0 Å². The highest BCUT2D eigenvalue weighted by Crippen LogP contribution is 2.35. The zero-order chi connectivity index (χ0) is 21.1. The number of nitrogens with zero attached hydrogens (tertiary/aromatic N) is 3. The van der Waals surface area contributed by atoms with Crippen LogP contribution in [0.25, 0.3) is 5.65 Å². The molecule has 5 nitrogen and oxygen atoms in total. The summed E-state index contributed by atoms with van der Waals surface area (Å²) >= 11 is 0. The van der Waals surface area contributed by atoms with Crippen LogP contribution in [-0.4, -0.2) is 33.5 Å². The van der Waals surface area contributed by atoms with Crippen molar-refractivity contribution in [2.45, 2.75) is 57.4 Å². The van der Waals surface area contributed by atoms with Crippen LogP contribution in [0.3, 0.4) is 0 Å². The molecule has 1 aliphatic rings. The molecule has 1 saturated carbocycles. The molecule has 0 aliphatic heterocycles. The van der Waals surface area contributed by atoms with Crippen molar-refractivity contribution in [3.8, 4) is 5.75 Å². The number of hydrogen-bond donors (Lipinski definition) is 0. The van der Waals surface area contributed by atoms with Gasteiger partial charge in [0.15, 0.2) is 11.5 Å². The van der Waals surface area contributed by atoms with Gasteiger partial charge in [-0.1, -0.05) is 30.3 Å². The first-order valence-corrected chi connectivity index (χ1v) is 10.1. The Morgan fingerprint density at radius 1 is 1.03 bits per heavy atom. The summed E-state index contributed by atoms with van der Waals surface area (Å²) in [5.74, 6) is 1.64. The Morgan fingerprint density at radius 2 is 1.77 bits per heavy atom. The molecule has 30 heavy (non-hydrogen) atoms. The molecule has 1 aromatic carbocycles. The second kappa shape index (κ2) is 8.63. The molecule has 0 N–H and O–H groups in total. The van der Waals surface area contributed by atoms with E-state index in [0.717, 1.165) is 37.0 Å². The highest BCUT2D eigenvalue weighted by molar-refractivity contribution is 5.54. The Hall–Kier alpha value is -2.61. The van der Waals surface area contributed by atoms with Crippen molar-refractivity contribution < 1.29 is 22.6 Å². The second-order valence-corrected chi connectivity index (χ2v) is 7.72. The van der Waals surface area contributed by atoms with Crippen molar-refractivity contribution in [3.05, 3.63) is 59.5 Å². The van der Waals surface area contributed by atoms with E-state index in [1.807, 2.05) is 19.1 Å². The molecule has 0 unspecified atom stereocenters. The molecular weight excluding hydrogens is 395 g/mol. The number of aryl methyl sites for hydroxylation is 1. The number of hydrogen-bond acceptors (Lipinski definition) is 4. The van der Waals surface area contributed by atoms with Crippen LogP contribution in [0.1, 0.15) is 48.6 Å². The van der Waals surface area contributed by atoms with Gasteiger partial charge in [-0.3, -0.25) is 4.40 Å². The van der Waals surface area contributed by atoms with Crippen LogP contribution < -0.4 is 4.74 Å². The van der Waals surface area contributed by atoms with E-state index in [1.165, 1.54) is 5.56 Å². The van der Waals surface area contributed by atoms with Crippen molar-refractivity contribution >= 4 is 5.65 Å². The molecule has 2 heterocycles. The average Bonchev–Trinajstić information content (AvgIpc) is 3.14. The van der Waals surface area contributed by atoms with Crippen LogP contribution in [0.2, 0.25) is 0 Å². The van der Waals surface area contributed by atoms with E-state index >= 15 is 0 Å². The average molecular weight is 419 g/mol. The number of aromatic nitrogens is 3. The molecule has 0 atom stereocenters. The number of rotatable bonds is 6. The Balaban J connectivity index is 1.39. The highest BCUT2D eigenvalue weighted by Gasteiger charge is 2.28. The minimum atomic E-state index is -4.36. The molecule has 0 radical (unpaired) electrons. The maximum atomic E-state index is 12.3. The lowest BCUT2D eigenvalue weighted by Gasteiger charge is -2.29. The van der Waals surface area contributed by atoms with E-state index in [2.05, 4.69) is 34.5 Å². The third-order valence-electron chi connectivity index (χ3n) is 5.58. The molecule has 0 spiro atoms. The number of pyridine rings is 1. The SMILES string of the molecule is Cc1c(OC2CCC(c3ccccc3)CC2)ccn2c(COCC(F)(F)F)nnc12. The fraction of sp³-hybridized carbons (Fsp3) is 0.455. The summed E-state index contributed by atoms with van der Waals surface area (Å²) in [4.78, 5) is 0. The summed E-state index contributed by atoms with van der Waals surface area (Å²) in [6.07, 6.45) is 1.63. The topological polar surface area (TPSA) is 48.7 Å². The van der Waals surface area contributed by atoms with Gasteiger partial charge in [-0.15, -0.1) is 10.2 Å². The van der Waals surface area contributed by atoms with E-state index in [4.69, 9.17) is 9.47 Å². The molecular formula is C22H24F3N3O2. The van der Waals surface area contributed by atoms with Crippen molar-refractivity contribution in [1.29, 1.82) is 0 Å². The Bertz CT molecular complexity index is 980. The second-order valence-electron chi connectivity index (χ2n) is 7.72. The van der Waals surface area contributed by atoms with Crippen molar-refractivity contribution in [2.24, 2.45) is 0 Å². The van der Waals surface area contributed by atoms with Gasteiger partial charge >= 0.3 is 6.18 Å². The largest absolute Gasteiger partial charge is 0.490 e. The van der Waals surface area contributed by atoms with E-state index in [0.29, 0.717) is 17.4 Å². The molecule has 8 heteroatoms. The minimum Gasteiger partial charge on any atom is -0.490 e. The predicted molar refractivity (Wildman–Crippen MR) is 106 cm³/mol. The minimum absolute atomic E-state index is 0.142. The van der Waals surface area contributed by atoms with E-state index in [-0.39, 0.29) is 12.7 Å². The number of ether oxygens (including phenoxy) is 2. The van der Waals surface area contributed by atoms with Gasteiger partial charge in [0.05, 0.1) is 6.10 Å². The molecule has 3 aromatic rings. The highest BCUT2D eigenvalue weighted by atomic mass is 19.4. The van der Waals surface area contributed by atoms with Gasteiger partial charge in [-0.2, -0.15) is 13.2 Å². The first-order valence-electron chi connectivity index (χ1n) is 10.1. The van der Waals surface area contributed by atoms with Crippen molar-refractivity contribution in [3.63, 3.8) is 0 Å². The van der Waals surface area contributed by atoms with Crippen LogP contribution in [0.15, 0.2) is 42.6 Å². The van der Waals surface area contributed by atoms with Crippen LogP contribution in [0.4, 0.5) is 13.2 Å². The van der Waals surface area contributed by atoms with E-state index in [9.17, 15) is 13.2 Å². The van der Waals surface area contributed by atoms with Crippen molar-refractivity contribution in [1.82, 2.24) is 14.6 Å². The Kier molecular flexibility index (Phi) is 5.94. The lowest BCUT2D eigenvalue weighted by molar-refractivity contribution is -0.177. The predicted octanol–water partition coefficient (Wildman–Crippen LogP) is 5.22. The van der Waals surface area contributed by atoms with Crippen LogP contribution in [-0.2, 0) is 11.3 Å². The molecule has 1 aliphatic carbocycles. The maximum absolute atomic E-state index is 12.3. The summed E-state index contributed by atoms with van der Waals surface area (Å²) in [6.45, 7) is 0.312. The van der Waals surface area contributed by atoms with Gasteiger partial charge < -0.3 is 9.47 Å². The van der Waals surface area contributed by atoms with Gasteiger partial charge in [0.25, 0.3) is 0 Å². The molecule has 1 fully saturated rings. The quantitative estimate of drug-likeness (QED) is 0.550. The third-order valence-corrected chi connectivity index (χ3v) is 5.58. The fourth-order valence-corrected chi connectivity index (χ4v) is 4.02. The van der Waals surface area contributed by atoms with Crippen LogP contribution in [0, 0.1) is 6.92 Å². The summed E-state index contributed by atoms with van der Waals surface area (Å²) < 4.78 is 49.4. The number of fused-ring (bicyclic) bond motifs is 1. The molecule has 0 amide bonds. The third kappa shape index (κ3) is 4.75. The fourth-order valence-electron chi connectivity index (χ4n) is 4.02. The van der Waals surface area contributed by atoms with Gasteiger partial charge in [0.2, 0.25) is 0 Å². The van der Waals surface area contributed by atoms with Crippen molar-refractivity contribution in [2.75, 3.05) is 6.61 Å². The van der Waals surface area contributed by atoms with E-state index < -0.39 is 12.8 Å². The smallest absolute Gasteiger partial charge is 0.411 e. The lowest BCUT2D eigenvalue weighted by Crippen LogP contribution is -2.23. The number of alkyl halides is 3. The first-order chi connectivity index (χ1) is 14.4. The summed E-state index contributed by atoms with van der Waals surface area (Å²) in [5.41, 5.74) is 2.77. The first kappa shape index (κ1) is 20.7. The standard InChI is InChI=1S/C22H24F3N3O2/c1-15-19(30-18-9-7-17(8-10-18)16-5-3-2-4-6-16)11-12-28-20(26-27-21(15)28)13-29-14-22(23,24)25/h2-6,11-12,17-18H,7-10,13-14H2,1H3. The Morgan fingerprint density at radius 3 is 2.47 bits per heavy atom. The number of halogens is 3. The monoisotopic (exact) mass is 419 g/mol.